The number of nitrogens with zero attached hydrogens (tertiary/aromatic N) is 6. The third-order valence-electron chi connectivity index (χ3n) is 5.31. The number of aromatic nitrogens is 3. The highest BCUT2D eigenvalue weighted by molar-refractivity contribution is 7.13. The highest BCUT2D eigenvalue weighted by Crippen LogP contribution is 2.25. The van der Waals surface area contributed by atoms with Gasteiger partial charge in [0, 0.05) is 57.4 Å². The zero-order chi connectivity index (χ0) is 21.8. The van der Waals surface area contributed by atoms with Gasteiger partial charge in [-0.05, 0) is 18.6 Å². The predicted molar refractivity (Wildman–Crippen MR) is 120 cm³/mol. The van der Waals surface area contributed by atoms with Crippen molar-refractivity contribution in [1.29, 1.82) is 0 Å². The van der Waals surface area contributed by atoms with E-state index in [0.29, 0.717) is 31.9 Å². The summed E-state index contributed by atoms with van der Waals surface area (Å²) in [6.07, 6.45) is 4.53. The van der Waals surface area contributed by atoms with Gasteiger partial charge in [0.25, 0.3) is 5.91 Å². The largest absolute Gasteiger partial charge is 0.348 e. The Labute approximate surface area is 185 Å². The van der Waals surface area contributed by atoms with Crippen LogP contribution in [0.25, 0.3) is 16.3 Å². The lowest BCUT2D eigenvalue weighted by atomic mass is 10.3. The summed E-state index contributed by atoms with van der Waals surface area (Å²) in [6, 6.07) is 9.88. The Kier molecular flexibility index (Phi) is 6.43. The number of likely N-dealkylation sites (N-methyl/N-ethyl adjacent to an activating group) is 1. The van der Waals surface area contributed by atoms with Crippen molar-refractivity contribution < 1.29 is 9.59 Å². The smallest absolute Gasteiger partial charge is 0.273 e. The molecule has 0 N–H and O–H groups in total. The van der Waals surface area contributed by atoms with Crippen LogP contribution in [0.15, 0.2) is 48.1 Å². The van der Waals surface area contributed by atoms with Gasteiger partial charge in [0.1, 0.15) is 10.7 Å². The molecule has 0 spiro atoms. The van der Waals surface area contributed by atoms with Crippen molar-refractivity contribution in [1.82, 2.24) is 29.5 Å². The molecule has 0 atom stereocenters. The Morgan fingerprint density at radius 2 is 1.90 bits per heavy atom. The minimum absolute atomic E-state index is 0.0567. The summed E-state index contributed by atoms with van der Waals surface area (Å²) in [6.45, 7) is 3.15. The average molecular weight is 439 g/mol. The Bertz CT molecular complexity index is 1050. The van der Waals surface area contributed by atoms with Gasteiger partial charge in [0.2, 0.25) is 5.91 Å². The molecule has 1 aliphatic heterocycles. The molecule has 3 heterocycles. The molecular formula is C22H26N6O2S. The van der Waals surface area contributed by atoms with Crippen molar-refractivity contribution >= 4 is 23.2 Å². The van der Waals surface area contributed by atoms with E-state index in [4.69, 9.17) is 0 Å². The van der Waals surface area contributed by atoms with Crippen molar-refractivity contribution in [2.45, 2.75) is 6.42 Å². The molecule has 0 unspecified atom stereocenters. The van der Waals surface area contributed by atoms with Gasteiger partial charge < -0.3 is 9.80 Å². The number of benzene rings is 1. The normalized spacial score (nSPS) is 15.0. The Morgan fingerprint density at radius 1 is 1.10 bits per heavy atom. The highest BCUT2D eigenvalue weighted by atomic mass is 32.1. The third kappa shape index (κ3) is 5.00. The fourth-order valence-corrected chi connectivity index (χ4v) is 4.26. The first-order chi connectivity index (χ1) is 15.0. The first-order valence-electron chi connectivity index (χ1n) is 10.3. The van der Waals surface area contributed by atoms with E-state index in [-0.39, 0.29) is 11.8 Å². The quantitative estimate of drug-likeness (QED) is 0.611. The van der Waals surface area contributed by atoms with E-state index in [1.54, 1.807) is 29.9 Å². The van der Waals surface area contributed by atoms with Crippen LogP contribution in [-0.4, -0.2) is 88.1 Å². The first-order valence-corrected chi connectivity index (χ1v) is 11.2. The van der Waals surface area contributed by atoms with Crippen LogP contribution in [0, 0.1) is 0 Å². The van der Waals surface area contributed by atoms with Crippen LogP contribution in [0.4, 0.5) is 0 Å². The molecule has 2 amide bonds. The van der Waals surface area contributed by atoms with E-state index >= 15 is 0 Å². The summed E-state index contributed by atoms with van der Waals surface area (Å²) in [4.78, 5) is 35.1. The van der Waals surface area contributed by atoms with Crippen molar-refractivity contribution in [3.8, 4) is 16.3 Å². The lowest BCUT2D eigenvalue weighted by Crippen LogP contribution is -2.39. The van der Waals surface area contributed by atoms with Gasteiger partial charge >= 0.3 is 0 Å². The number of carbonyl (C=O) groups excluding carboxylic acids is 2. The number of rotatable bonds is 5. The van der Waals surface area contributed by atoms with Crippen LogP contribution < -0.4 is 0 Å². The summed E-state index contributed by atoms with van der Waals surface area (Å²) < 4.78 is 1.80. The summed E-state index contributed by atoms with van der Waals surface area (Å²) in [5.74, 6) is 0.0266. The number of amides is 2. The Balaban J connectivity index is 1.40. The molecule has 31 heavy (non-hydrogen) atoms. The van der Waals surface area contributed by atoms with Crippen LogP contribution in [0.3, 0.4) is 0 Å². The molecule has 1 fully saturated rings. The van der Waals surface area contributed by atoms with Gasteiger partial charge in [0.15, 0.2) is 0 Å². The fourth-order valence-electron chi connectivity index (χ4n) is 3.49. The summed E-state index contributed by atoms with van der Waals surface area (Å²) in [5.41, 5.74) is 2.32. The van der Waals surface area contributed by atoms with Crippen LogP contribution in [0.2, 0.25) is 0 Å². The molecule has 1 saturated heterocycles. The molecule has 4 rings (SSSR count). The number of hydrogen-bond acceptors (Lipinski definition) is 6. The zero-order valence-corrected chi connectivity index (χ0v) is 18.6. The Morgan fingerprint density at radius 3 is 2.68 bits per heavy atom. The molecule has 0 aliphatic carbocycles. The highest BCUT2D eigenvalue weighted by Gasteiger charge is 2.23. The van der Waals surface area contributed by atoms with Gasteiger partial charge in [-0.25, -0.2) is 9.67 Å². The Hall–Kier alpha value is -3.04. The van der Waals surface area contributed by atoms with Gasteiger partial charge in [0.05, 0.1) is 18.4 Å². The second-order valence-electron chi connectivity index (χ2n) is 7.76. The third-order valence-corrected chi connectivity index (χ3v) is 6.20. The maximum absolute atomic E-state index is 13.0. The monoisotopic (exact) mass is 438 g/mol. The molecule has 2 aromatic heterocycles. The summed E-state index contributed by atoms with van der Waals surface area (Å²) in [5, 5.41) is 7.01. The van der Waals surface area contributed by atoms with Crippen LogP contribution in [0.5, 0.6) is 0 Å². The van der Waals surface area contributed by atoms with Gasteiger partial charge in [-0.1, -0.05) is 18.2 Å². The molecule has 1 aliphatic rings. The van der Waals surface area contributed by atoms with E-state index in [9.17, 15) is 9.59 Å². The SMILES string of the molecule is CN(C)C(=O)CN1CCCN(C(=O)c2csc(-c3cnn(-c4ccccc4)c3)n2)CC1. The maximum atomic E-state index is 13.0. The zero-order valence-electron chi connectivity index (χ0n) is 17.8. The number of hydrogen-bond donors (Lipinski definition) is 0. The fraction of sp³-hybridized carbons (Fsp3) is 0.364. The molecule has 0 saturated carbocycles. The second kappa shape index (κ2) is 9.40. The van der Waals surface area contributed by atoms with E-state index in [0.717, 1.165) is 29.2 Å². The summed E-state index contributed by atoms with van der Waals surface area (Å²) >= 11 is 1.45. The first kappa shape index (κ1) is 21.2. The molecule has 3 aromatic rings. The number of carbonyl (C=O) groups is 2. The van der Waals surface area contributed by atoms with E-state index in [2.05, 4.69) is 15.0 Å². The lowest BCUT2D eigenvalue weighted by Gasteiger charge is -2.22. The number of para-hydroxylation sites is 1. The topological polar surface area (TPSA) is 74.6 Å². The molecule has 162 valence electrons. The van der Waals surface area contributed by atoms with Crippen molar-refractivity contribution in [2.24, 2.45) is 0 Å². The number of thiazole rings is 1. The molecular weight excluding hydrogens is 412 g/mol. The van der Waals surface area contributed by atoms with Crippen LogP contribution >= 0.6 is 11.3 Å². The minimum atomic E-state index is -0.0567. The second-order valence-corrected chi connectivity index (χ2v) is 8.62. The predicted octanol–water partition coefficient (Wildman–Crippen LogP) is 2.23. The standard InChI is InChI=1S/C22H26N6O2S/c1-25(2)20(29)15-26-9-6-10-27(12-11-26)22(30)19-16-31-21(24-19)17-13-23-28(14-17)18-7-4-3-5-8-18/h3-5,7-8,13-14,16H,6,9-12,15H2,1-2H3. The van der Waals surface area contributed by atoms with Crippen LogP contribution in [-0.2, 0) is 4.79 Å². The molecule has 9 heteroatoms. The summed E-state index contributed by atoms with van der Waals surface area (Å²) in [7, 11) is 3.53. The molecule has 0 radical (unpaired) electrons. The van der Waals surface area contributed by atoms with E-state index in [1.807, 2.05) is 46.8 Å². The van der Waals surface area contributed by atoms with E-state index < -0.39 is 0 Å². The molecule has 0 bridgehead atoms. The van der Waals surface area contributed by atoms with Crippen molar-refractivity contribution in [3.63, 3.8) is 0 Å². The van der Waals surface area contributed by atoms with Gasteiger partial charge in [-0.2, -0.15) is 5.10 Å². The van der Waals surface area contributed by atoms with Crippen molar-refractivity contribution in [3.05, 3.63) is 53.8 Å². The van der Waals surface area contributed by atoms with Gasteiger partial charge in [-0.15, -0.1) is 11.3 Å². The van der Waals surface area contributed by atoms with Crippen molar-refractivity contribution in [2.75, 3.05) is 46.8 Å². The molecule has 1 aromatic carbocycles. The maximum Gasteiger partial charge on any atom is 0.273 e. The van der Waals surface area contributed by atoms with Crippen LogP contribution in [0.1, 0.15) is 16.9 Å². The lowest BCUT2D eigenvalue weighted by molar-refractivity contribution is -0.129. The van der Waals surface area contributed by atoms with E-state index in [1.165, 1.54) is 11.3 Å². The average Bonchev–Trinajstić information content (AvgIpc) is 3.40. The van der Waals surface area contributed by atoms with Gasteiger partial charge in [-0.3, -0.25) is 14.5 Å². The molecule has 8 nitrogen and oxygen atoms in total. The minimum Gasteiger partial charge on any atom is -0.348 e.